The number of anilines is 1. The van der Waals surface area contributed by atoms with Crippen LogP contribution in [0.1, 0.15) is 11.3 Å². The maximum atomic E-state index is 12.0. The topological polar surface area (TPSA) is 85.4 Å². The number of amides is 1. The van der Waals surface area contributed by atoms with Gasteiger partial charge in [0, 0.05) is 29.5 Å². The lowest BCUT2D eigenvalue weighted by Gasteiger charge is -2.04. The second-order valence-corrected chi connectivity index (χ2v) is 5.64. The Kier molecular flexibility index (Phi) is 4.94. The van der Waals surface area contributed by atoms with Crippen LogP contribution in [0.2, 0.25) is 0 Å². The molecule has 6 heteroatoms. The predicted octanol–water partition coefficient (Wildman–Crippen LogP) is 4.82. The number of carbonyl (C=O) groups excluding carboxylic acids is 1. The maximum absolute atomic E-state index is 12.0. The zero-order valence-electron chi connectivity index (χ0n) is 14.0. The van der Waals surface area contributed by atoms with Gasteiger partial charge in [-0.3, -0.25) is 14.9 Å². The lowest BCUT2D eigenvalue weighted by atomic mass is 10.1. The number of rotatable bonds is 5. The molecule has 0 aliphatic carbocycles. The van der Waals surface area contributed by atoms with Crippen LogP contribution in [0.4, 0.5) is 11.4 Å². The van der Waals surface area contributed by atoms with Crippen molar-refractivity contribution in [2.45, 2.75) is 6.92 Å². The molecule has 6 nitrogen and oxygen atoms in total. The van der Waals surface area contributed by atoms with Crippen LogP contribution in [0, 0.1) is 17.0 Å². The molecule has 0 radical (unpaired) electrons. The van der Waals surface area contributed by atoms with Gasteiger partial charge >= 0.3 is 0 Å². The second-order valence-electron chi connectivity index (χ2n) is 5.64. The van der Waals surface area contributed by atoms with Gasteiger partial charge < -0.3 is 9.73 Å². The Hall–Kier alpha value is -3.67. The molecule has 1 aromatic heterocycles. The number of hydrogen-bond acceptors (Lipinski definition) is 4. The first kappa shape index (κ1) is 17.2. The van der Waals surface area contributed by atoms with Gasteiger partial charge in [-0.25, -0.2) is 0 Å². The van der Waals surface area contributed by atoms with Gasteiger partial charge in [-0.2, -0.15) is 0 Å². The van der Waals surface area contributed by atoms with Gasteiger partial charge in [-0.05, 0) is 48.9 Å². The molecule has 1 amide bonds. The summed E-state index contributed by atoms with van der Waals surface area (Å²) in [6.07, 6.45) is 2.97. The van der Waals surface area contributed by atoms with E-state index in [1.54, 1.807) is 30.3 Å². The molecule has 0 unspecified atom stereocenters. The lowest BCUT2D eigenvalue weighted by molar-refractivity contribution is -0.384. The quantitative estimate of drug-likeness (QED) is 0.407. The van der Waals surface area contributed by atoms with Crippen LogP contribution < -0.4 is 5.32 Å². The number of furan rings is 1. The van der Waals surface area contributed by atoms with Crippen molar-refractivity contribution in [3.63, 3.8) is 0 Å². The molecule has 0 spiro atoms. The number of non-ortho nitro benzene ring substituents is 1. The van der Waals surface area contributed by atoms with Crippen LogP contribution in [0.25, 0.3) is 17.4 Å². The molecule has 1 heterocycles. The Bertz CT molecular complexity index is 971. The average molecular weight is 348 g/mol. The van der Waals surface area contributed by atoms with Crippen molar-refractivity contribution in [1.82, 2.24) is 0 Å². The number of nitro benzene ring substituents is 1. The smallest absolute Gasteiger partial charge is 0.269 e. The molecule has 0 aliphatic rings. The summed E-state index contributed by atoms with van der Waals surface area (Å²) in [6, 6.07) is 17.1. The molecular weight excluding hydrogens is 332 g/mol. The Labute approximate surface area is 149 Å². The third-order valence-corrected chi connectivity index (χ3v) is 3.79. The molecule has 0 fully saturated rings. The fourth-order valence-corrected chi connectivity index (χ4v) is 2.39. The minimum absolute atomic E-state index is 0.0216. The van der Waals surface area contributed by atoms with E-state index in [-0.39, 0.29) is 11.6 Å². The van der Waals surface area contributed by atoms with Gasteiger partial charge in [-0.15, -0.1) is 0 Å². The summed E-state index contributed by atoms with van der Waals surface area (Å²) >= 11 is 0. The summed E-state index contributed by atoms with van der Waals surface area (Å²) in [7, 11) is 0. The zero-order valence-corrected chi connectivity index (χ0v) is 14.0. The molecule has 26 heavy (non-hydrogen) atoms. The van der Waals surface area contributed by atoms with Crippen molar-refractivity contribution < 1.29 is 14.1 Å². The lowest BCUT2D eigenvalue weighted by Crippen LogP contribution is -2.08. The highest BCUT2D eigenvalue weighted by Crippen LogP contribution is 2.25. The van der Waals surface area contributed by atoms with Gasteiger partial charge in [0.1, 0.15) is 11.5 Å². The van der Waals surface area contributed by atoms with E-state index in [9.17, 15) is 14.9 Å². The number of hydrogen-bond donors (Lipinski definition) is 1. The van der Waals surface area contributed by atoms with Crippen molar-refractivity contribution in [3.8, 4) is 11.3 Å². The highest BCUT2D eigenvalue weighted by atomic mass is 16.6. The summed E-state index contributed by atoms with van der Waals surface area (Å²) in [6.45, 7) is 1.92. The summed E-state index contributed by atoms with van der Waals surface area (Å²) in [5.74, 6) is 0.824. The van der Waals surface area contributed by atoms with Crippen molar-refractivity contribution >= 4 is 23.4 Å². The standard InChI is InChI=1S/C20H16N2O4/c1-14-4-2-3-5-18(14)21-20(23)13-11-17-10-12-19(26-17)15-6-8-16(9-7-15)22(24)25/h2-13H,1H3,(H,21,23)/b13-11+. The fourth-order valence-electron chi connectivity index (χ4n) is 2.39. The normalized spacial score (nSPS) is 10.8. The molecule has 1 N–H and O–H groups in total. The Morgan fingerprint density at radius 3 is 2.50 bits per heavy atom. The highest BCUT2D eigenvalue weighted by Gasteiger charge is 2.08. The first-order valence-corrected chi connectivity index (χ1v) is 7.92. The number of aryl methyl sites for hydroxylation is 1. The number of nitrogens with zero attached hydrogens (tertiary/aromatic N) is 1. The third kappa shape index (κ3) is 4.05. The van der Waals surface area contributed by atoms with Gasteiger partial charge in [-0.1, -0.05) is 18.2 Å². The van der Waals surface area contributed by atoms with Crippen LogP contribution in [-0.2, 0) is 4.79 Å². The van der Waals surface area contributed by atoms with Crippen LogP contribution in [-0.4, -0.2) is 10.8 Å². The molecule has 0 saturated heterocycles. The highest BCUT2D eigenvalue weighted by molar-refractivity contribution is 6.02. The average Bonchev–Trinajstić information content (AvgIpc) is 3.11. The van der Waals surface area contributed by atoms with Gasteiger partial charge in [0.2, 0.25) is 5.91 Å². The number of nitro groups is 1. The van der Waals surface area contributed by atoms with E-state index in [4.69, 9.17) is 4.42 Å². The van der Waals surface area contributed by atoms with Crippen LogP contribution in [0.15, 0.2) is 71.2 Å². The van der Waals surface area contributed by atoms with Crippen molar-refractivity contribution in [2.75, 3.05) is 5.32 Å². The third-order valence-electron chi connectivity index (χ3n) is 3.79. The molecule has 0 bridgehead atoms. The molecule has 2 aromatic carbocycles. The van der Waals surface area contributed by atoms with Crippen LogP contribution in [0.3, 0.4) is 0 Å². The van der Waals surface area contributed by atoms with E-state index >= 15 is 0 Å². The Morgan fingerprint density at radius 2 is 1.81 bits per heavy atom. The van der Waals surface area contributed by atoms with E-state index in [2.05, 4.69) is 5.32 Å². The van der Waals surface area contributed by atoms with Crippen molar-refractivity contribution in [1.29, 1.82) is 0 Å². The fraction of sp³-hybridized carbons (Fsp3) is 0.0500. The first-order chi connectivity index (χ1) is 12.5. The minimum Gasteiger partial charge on any atom is -0.457 e. The molecule has 3 rings (SSSR count). The largest absolute Gasteiger partial charge is 0.457 e. The van der Waals surface area contributed by atoms with Crippen molar-refractivity contribution in [2.24, 2.45) is 0 Å². The van der Waals surface area contributed by atoms with Crippen molar-refractivity contribution in [3.05, 3.63) is 88.2 Å². The summed E-state index contributed by atoms with van der Waals surface area (Å²) in [5.41, 5.74) is 2.48. The molecule has 0 aliphatic heterocycles. The van der Waals surface area contributed by atoms with E-state index in [1.807, 2.05) is 31.2 Å². The molecule has 130 valence electrons. The summed E-state index contributed by atoms with van der Waals surface area (Å²) in [4.78, 5) is 22.3. The summed E-state index contributed by atoms with van der Waals surface area (Å²) < 4.78 is 5.66. The molecular formula is C20H16N2O4. The Balaban J connectivity index is 1.68. The van der Waals surface area contributed by atoms with Gasteiger partial charge in [0.05, 0.1) is 4.92 Å². The Morgan fingerprint density at radius 1 is 1.08 bits per heavy atom. The second kappa shape index (κ2) is 7.48. The summed E-state index contributed by atoms with van der Waals surface area (Å²) in [5, 5.41) is 13.5. The number of para-hydroxylation sites is 1. The molecule has 0 atom stereocenters. The van der Waals surface area contributed by atoms with E-state index < -0.39 is 4.92 Å². The predicted molar refractivity (Wildman–Crippen MR) is 99.6 cm³/mol. The number of carbonyl (C=O) groups is 1. The van der Waals surface area contributed by atoms with E-state index in [0.29, 0.717) is 11.5 Å². The number of benzene rings is 2. The maximum Gasteiger partial charge on any atom is 0.269 e. The van der Waals surface area contributed by atoms with Crippen LogP contribution in [0.5, 0.6) is 0 Å². The van der Waals surface area contributed by atoms with E-state index in [1.165, 1.54) is 18.2 Å². The molecule has 3 aromatic rings. The van der Waals surface area contributed by atoms with Crippen LogP contribution >= 0.6 is 0 Å². The monoisotopic (exact) mass is 348 g/mol. The number of nitrogens with one attached hydrogen (secondary N) is 1. The van der Waals surface area contributed by atoms with Gasteiger partial charge in [0.15, 0.2) is 0 Å². The minimum atomic E-state index is -0.451. The SMILES string of the molecule is Cc1ccccc1NC(=O)/C=C/c1ccc(-c2ccc([N+](=O)[O-])cc2)o1. The van der Waals surface area contributed by atoms with Gasteiger partial charge in [0.25, 0.3) is 5.69 Å². The first-order valence-electron chi connectivity index (χ1n) is 7.92. The molecule has 0 saturated carbocycles. The zero-order chi connectivity index (χ0) is 18.5. The van der Waals surface area contributed by atoms with E-state index in [0.717, 1.165) is 16.8 Å².